The lowest BCUT2D eigenvalue weighted by molar-refractivity contribution is 0.229. The van der Waals surface area contributed by atoms with Crippen LogP contribution in [0.3, 0.4) is 0 Å². The van der Waals surface area contributed by atoms with E-state index in [1.165, 1.54) is 11.9 Å². The van der Waals surface area contributed by atoms with Crippen LogP contribution in [0.15, 0.2) is 30.6 Å². The first-order valence-corrected chi connectivity index (χ1v) is 6.13. The molecular formula is C14H17N3O2. The first-order valence-electron chi connectivity index (χ1n) is 6.13. The number of aliphatic hydroxyl groups is 1. The fourth-order valence-electron chi connectivity index (χ4n) is 1.72. The molecule has 0 amide bonds. The lowest BCUT2D eigenvalue weighted by atomic mass is 10.1. The van der Waals surface area contributed by atoms with E-state index in [9.17, 15) is 0 Å². The molecule has 0 unspecified atom stereocenters. The van der Waals surface area contributed by atoms with Gasteiger partial charge in [-0.15, -0.1) is 0 Å². The molecule has 0 aliphatic rings. The summed E-state index contributed by atoms with van der Waals surface area (Å²) in [4.78, 5) is 8.12. The van der Waals surface area contributed by atoms with Gasteiger partial charge in [0.2, 0.25) is 5.88 Å². The molecule has 1 aromatic carbocycles. The molecule has 19 heavy (non-hydrogen) atoms. The van der Waals surface area contributed by atoms with Gasteiger partial charge in [-0.05, 0) is 12.5 Å². The second-order valence-electron chi connectivity index (χ2n) is 4.23. The summed E-state index contributed by atoms with van der Waals surface area (Å²) in [7, 11) is 0. The molecular weight excluding hydrogens is 242 g/mol. The molecule has 0 aliphatic heterocycles. The zero-order chi connectivity index (χ0) is 13.7. The Bertz CT molecular complexity index is 541. The highest BCUT2D eigenvalue weighted by atomic mass is 16.5. The van der Waals surface area contributed by atoms with Crippen molar-refractivity contribution < 1.29 is 9.84 Å². The number of hydrogen-bond donors (Lipinski definition) is 2. The normalized spacial score (nSPS) is 10.4. The molecule has 0 fully saturated rings. The number of nitrogens with two attached hydrogens (primary N) is 1. The number of aryl methyl sites for hydroxylation is 1. The van der Waals surface area contributed by atoms with Crippen LogP contribution in [0.5, 0.6) is 5.88 Å². The Balaban J connectivity index is 2.34. The first-order chi connectivity index (χ1) is 9.22. The van der Waals surface area contributed by atoms with Crippen molar-refractivity contribution in [1.82, 2.24) is 9.97 Å². The van der Waals surface area contributed by atoms with Crippen molar-refractivity contribution in [2.45, 2.75) is 13.3 Å². The standard InChI is InChI=1S/C14H17N3O2/c1-10-3-5-11(6-4-10)12-13(15)16-9-17-14(12)19-8-2-7-18/h3-6,9,18H,2,7-8H2,1H3,(H2,15,16,17). The van der Waals surface area contributed by atoms with Gasteiger partial charge in [0.15, 0.2) is 0 Å². The van der Waals surface area contributed by atoms with Gasteiger partial charge >= 0.3 is 0 Å². The predicted molar refractivity (Wildman–Crippen MR) is 73.8 cm³/mol. The molecule has 0 aliphatic carbocycles. The highest BCUT2D eigenvalue weighted by molar-refractivity contribution is 5.78. The minimum absolute atomic E-state index is 0.0838. The van der Waals surface area contributed by atoms with Gasteiger partial charge in [-0.25, -0.2) is 9.97 Å². The number of rotatable bonds is 5. The van der Waals surface area contributed by atoms with Crippen molar-refractivity contribution in [3.05, 3.63) is 36.2 Å². The molecule has 100 valence electrons. The van der Waals surface area contributed by atoms with Crippen LogP contribution < -0.4 is 10.5 Å². The van der Waals surface area contributed by atoms with Crippen LogP contribution >= 0.6 is 0 Å². The van der Waals surface area contributed by atoms with Crippen LogP contribution in [-0.4, -0.2) is 28.3 Å². The van der Waals surface area contributed by atoms with E-state index >= 15 is 0 Å². The van der Waals surface area contributed by atoms with E-state index in [1.54, 1.807) is 0 Å². The van der Waals surface area contributed by atoms with Gasteiger partial charge in [0.05, 0.1) is 12.2 Å². The fourth-order valence-corrected chi connectivity index (χ4v) is 1.72. The lowest BCUT2D eigenvalue weighted by Gasteiger charge is -2.11. The third-order valence-corrected chi connectivity index (χ3v) is 2.72. The molecule has 2 rings (SSSR count). The van der Waals surface area contributed by atoms with E-state index in [0.717, 1.165) is 5.56 Å². The topological polar surface area (TPSA) is 81.3 Å². The lowest BCUT2D eigenvalue weighted by Crippen LogP contribution is -2.05. The Kier molecular flexibility index (Phi) is 4.30. The largest absolute Gasteiger partial charge is 0.477 e. The summed E-state index contributed by atoms with van der Waals surface area (Å²) in [5.41, 5.74) is 8.70. The van der Waals surface area contributed by atoms with Gasteiger partial charge in [0, 0.05) is 13.0 Å². The number of hydrogen-bond acceptors (Lipinski definition) is 5. The molecule has 1 aromatic heterocycles. The number of aliphatic hydroxyl groups excluding tert-OH is 1. The highest BCUT2D eigenvalue weighted by Crippen LogP contribution is 2.32. The summed E-state index contributed by atoms with van der Waals surface area (Å²) in [5.74, 6) is 0.836. The number of anilines is 1. The maximum absolute atomic E-state index is 8.78. The van der Waals surface area contributed by atoms with E-state index < -0.39 is 0 Å². The van der Waals surface area contributed by atoms with Crippen molar-refractivity contribution >= 4 is 5.82 Å². The Morgan fingerprint density at radius 1 is 1.21 bits per heavy atom. The van der Waals surface area contributed by atoms with Gasteiger partial charge in [0.1, 0.15) is 12.1 Å². The average Bonchev–Trinajstić information content (AvgIpc) is 2.41. The van der Waals surface area contributed by atoms with E-state index in [4.69, 9.17) is 15.6 Å². The third kappa shape index (κ3) is 3.20. The molecule has 5 nitrogen and oxygen atoms in total. The molecule has 3 N–H and O–H groups in total. The number of aromatic nitrogens is 2. The monoisotopic (exact) mass is 259 g/mol. The number of nitrogens with zero attached hydrogens (tertiary/aromatic N) is 2. The number of ether oxygens (including phenoxy) is 1. The fraction of sp³-hybridized carbons (Fsp3) is 0.286. The SMILES string of the molecule is Cc1ccc(-c2c(N)ncnc2OCCCO)cc1. The molecule has 0 bridgehead atoms. The van der Waals surface area contributed by atoms with Gasteiger partial charge in [-0.1, -0.05) is 29.8 Å². The van der Waals surface area contributed by atoms with E-state index in [2.05, 4.69) is 9.97 Å². The van der Waals surface area contributed by atoms with Gasteiger partial charge < -0.3 is 15.6 Å². The van der Waals surface area contributed by atoms with Crippen LogP contribution in [0.25, 0.3) is 11.1 Å². The van der Waals surface area contributed by atoms with Crippen molar-refractivity contribution in [1.29, 1.82) is 0 Å². The average molecular weight is 259 g/mol. The number of benzene rings is 1. The molecule has 0 spiro atoms. The Morgan fingerprint density at radius 2 is 1.95 bits per heavy atom. The van der Waals surface area contributed by atoms with Crippen LogP contribution in [0.2, 0.25) is 0 Å². The first kappa shape index (κ1) is 13.3. The molecule has 1 heterocycles. The summed E-state index contributed by atoms with van der Waals surface area (Å²) < 4.78 is 5.55. The summed E-state index contributed by atoms with van der Waals surface area (Å²) in [5, 5.41) is 8.78. The maximum atomic E-state index is 8.78. The summed E-state index contributed by atoms with van der Waals surface area (Å²) in [6.45, 7) is 2.50. The Morgan fingerprint density at radius 3 is 2.63 bits per heavy atom. The molecule has 0 saturated carbocycles. The predicted octanol–water partition coefficient (Wildman–Crippen LogP) is 1.80. The molecule has 0 radical (unpaired) electrons. The van der Waals surface area contributed by atoms with Crippen LogP contribution in [0.4, 0.5) is 5.82 Å². The highest BCUT2D eigenvalue weighted by Gasteiger charge is 2.12. The summed E-state index contributed by atoms with van der Waals surface area (Å²) in [6, 6.07) is 7.92. The van der Waals surface area contributed by atoms with Crippen molar-refractivity contribution in [3.63, 3.8) is 0 Å². The van der Waals surface area contributed by atoms with Crippen LogP contribution in [-0.2, 0) is 0 Å². The molecule has 0 atom stereocenters. The second kappa shape index (κ2) is 6.15. The maximum Gasteiger partial charge on any atom is 0.226 e. The van der Waals surface area contributed by atoms with E-state index in [0.29, 0.717) is 30.3 Å². The van der Waals surface area contributed by atoms with E-state index in [-0.39, 0.29) is 6.61 Å². The molecule has 5 heteroatoms. The quantitative estimate of drug-likeness (QED) is 0.800. The van der Waals surface area contributed by atoms with Gasteiger partial charge in [0.25, 0.3) is 0 Å². The minimum atomic E-state index is 0.0838. The second-order valence-corrected chi connectivity index (χ2v) is 4.23. The van der Waals surface area contributed by atoms with Gasteiger partial charge in [-0.3, -0.25) is 0 Å². The zero-order valence-electron chi connectivity index (χ0n) is 10.8. The van der Waals surface area contributed by atoms with Crippen LogP contribution in [0.1, 0.15) is 12.0 Å². The molecule has 2 aromatic rings. The Hall–Kier alpha value is -2.14. The van der Waals surface area contributed by atoms with Crippen molar-refractivity contribution in [3.8, 4) is 17.0 Å². The summed E-state index contributed by atoms with van der Waals surface area (Å²) in [6.07, 6.45) is 1.93. The summed E-state index contributed by atoms with van der Waals surface area (Å²) >= 11 is 0. The smallest absolute Gasteiger partial charge is 0.226 e. The van der Waals surface area contributed by atoms with Gasteiger partial charge in [-0.2, -0.15) is 0 Å². The van der Waals surface area contributed by atoms with E-state index in [1.807, 2.05) is 31.2 Å². The Labute approximate surface area is 112 Å². The minimum Gasteiger partial charge on any atom is -0.477 e. The zero-order valence-corrected chi connectivity index (χ0v) is 10.8. The van der Waals surface area contributed by atoms with Crippen molar-refractivity contribution in [2.75, 3.05) is 18.9 Å². The number of nitrogen functional groups attached to an aromatic ring is 1. The van der Waals surface area contributed by atoms with Crippen LogP contribution in [0, 0.1) is 6.92 Å². The third-order valence-electron chi connectivity index (χ3n) is 2.72. The van der Waals surface area contributed by atoms with Crippen molar-refractivity contribution in [2.24, 2.45) is 0 Å². The molecule has 0 saturated heterocycles.